The number of hydrogen-bond donors (Lipinski definition) is 2. The molecule has 12 heteroatoms. The molecule has 1 atom stereocenters. The van der Waals surface area contributed by atoms with Crippen molar-refractivity contribution in [1.29, 1.82) is 0 Å². The third-order valence-electron chi connectivity index (χ3n) is 5.40. The lowest BCUT2D eigenvalue weighted by molar-refractivity contribution is -0.274. The molecule has 0 bridgehead atoms. The van der Waals surface area contributed by atoms with E-state index in [1.54, 1.807) is 37.3 Å². The summed E-state index contributed by atoms with van der Waals surface area (Å²) < 4.78 is 58.7. The molecule has 0 amide bonds. The molecule has 0 radical (unpaired) electrons. The Morgan fingerprint density at radius 3 is 2.20 bits per heavy atom. The van der Waals surface area contributed by atoms with E-state index in [1.807, 2.05) is 26.0 Å². The Hall–Kier alpha value is -4.74. The van der Waals surface area contributed by atoms with Crippen molar-refractivity contribution >= 4 is 5.97 Å². The van der Waals surface area contributed by atoms with Gasteiger partial charge >= 0.3 is 12.3 Å². The highest BCUT2D eigenvalue weighted by Gasteiger charge is 2.31. The van der Waals surface area contributed by atoms with E-state index in [0.717, 1.165) is 0 Å². The van der Waals surface area contributed by atoms with E-state index in [2.05, 4.69) is 19.9 Å². The van der Waals surface area contributed by atoms with Gasteiger partial charge in [0.2, 0.25) is 0 Å². The quantitative estimate of drug-likeness (QED) is 0.227. The lowest BCUT2D eigenvalue weighted by atomic mass is 10.1. The molecule has 1 unspecified atom stereocenters. The number of carboxylic acid groups (broad SMARTS) is 1. The van der Waals surface area contributed by atoms with Crippen LogP contribution in [0.4, 0.5) is 13.2 Å². The van der Waals surface area contributed by atoms with Gasteiger partial charge in [0.25, 0.3) is 0 Å². The average molecular weight is 558 g/mol. The van der Waals surface area contributed by atoms with Crippen LogP contribution < -0.4 is 18.9 Å². The fourth-order valence-corrected chi connectivity index (χ4v) is 3.73. The monoisotopic (exact) mass is 557 g/mol. The highest BCUT2D eigenvalue weighted by molar-refractivity contribution is 5.68. The first-order valence-electron chi connectivity index (χ1n) is 12.1. The zero-order chi connectivity index (χ0) is 28.9. The number of H-pyrrole nitrogens is 1. The van der Waals surface area contributed by atoms with Gasteiger partial charge in [0.1, 0.15) is 23.0 Å². The number of hydrogen-bond acceptors (Lipinski definition) is 7. The third kappa shape index (κ3) is 7.65. The Balaban J connectivity index is 1.62. The Kier molecular flexibility index (Phi) is 8.46. The molecule has 9 nitrogen and oxygen atoms in total. The number of ether oxygens (including phenoxy) is 4. The van der Waals surface area contributed by atoms with Crippen LogP contribution in [0.3, 0.4) is 0 Å². The molecule has 0 aliphatic heterocycles. The number of nitrogens with one attached hydrogen (secondary N) is 1. The summed E-state index contributed by atoms with van der Waals surface area (Å²) in [5, 5.41) is 16.0. The summed E-state index contributed by atoms with van der Waals surface area (Å²) in [6, 6.07) is 17.4. The summed E-state index contributed by atoms with van der Waals surface area (Å²) in [4.78, 5) is 15.4. The summed E-state index contributed by atoms with van der Waals surface area (Å²) in [5.41, 5.74) is 1.86. The molecular weight excluding hydrogens is 531 g/mol. The number of aromatic amines is 1. The first-order chi connectivity index (χ1) is 19.0. The summed E-state index contributed by atoms with van der Waals surface area (Å²) in [7, 11) is 0. The first-order valence-corrected chi connectivity index (χ1v) is 12.1. The zero-order valence-corrected chi connectivity index (χ0v) is 21.7. The number of rotatable bonds is 11. The van der Waals surface area contributed by atoms with Crippen molar-refractivity contribution in [2.45, 2.75) is 39.3 Å². The van der Waals surface area contributed by atoms with Crippen molar-refractivity contribution in [3.8, 4) is 34.4 Å². The predicted molar refractivity (Wildman–Crippen MR) is 137 cm³/mol. The van der Waals surface area contributed by atoms with Gasteiger partial charge < -0.3 is 24.1 Å². The van der Waals surface area contributed by atoms with Gasteiger partial charge in [-0.2, -0.15) is 5.10 Å². The number of aryl methyl sites for hydroxylation is 1. The second kappa shape index (κ2) is 12.0. The molecule has 0 saturated carbocycles. The maximum absolute atomic E-state index is 12.5. The van der Waals surface area contributed by atoms with Crippen LogP contribution >= 0.6 is 0 Å². The standard InChI is InChI=1S/C28H26F3N3O6/c1-16(2)38-20-8-4-18(5-9-20)25(39-22-12-13-23(17(3)14-22)37-15-24(35)36)27-32-26(33-34-27)19-6-10-21(11-7-19)40-28(29,30)31/h4-14,16,25H,15H2,1-3H3,(H,35,36)(H,32,33,34). The van der Waals surface area contributed by atoms with Crippen LogP contribution in [0, 0.1) is 6.92 Å². The van der Waals surface area contributed by atoms with E-state index in [9.17, 15) is 18.0 Å². The Labute approximate surface area is 227 Å². The van der Waals surface area contributed by atoms with Crippen molar-refractivity contribution in [2.24, 2.45) is 0 Å². The number of benzene rings is 3. The van der Waals surface area contributed by atoms with E-state index in [-0.39, 0.29) is 17.7 Å². The minimum atomic E-state index is -4.79. The van der Waals surface area contributed by atoms with Crippen LogP contribution in [0.15, 0.2) is 66.7 Å². The summed E-state index contributed by atoms with van der Waals surface area (Å²) in [5.74, 6) is 0.666. The summed E-state index contributed by atoms with van der Waals surface area (Å²) in [6.45, 7) is 5.12. The van der Waals surface area contributed by atoms with Crippen molar-refractivity contribution in [2.75, 3.05) is 6.61 Å². The van der Waals surface area contributed by atoms with Crippen molar-refractivity contribution in [3.63, 3.8) is 0 Å². The topological polar surface area (TPSA) is 116 Å². The molecule has 4 rings (SSSR count). The molecule has 210 valence electrons. The highest BCUT2D eigenvalue weighted by atomic mass is 19.4. The Morgan fingerprint density at radius 2 is 1.60 bits per heavy atom. The minimum Gasteiger partial charge on any atom is -0.491 e. The van der Waals surface area contributed by atoms with Gasteiger partial charge in [0.15, 0.2) is 24.4 Å². The number of alkyl halides is 3. The molecule has 0 fully saturated rings. The molecular formula is C28H26F3N3O6. The van der Waals surface area contributed by atoms with E-state index in [1.165, 1.54) is 24.3 Å². The second-order valence-corrected chi connectivity index (χ2v) is 8.96. The minimum absolute atomic E-state index is 0.00813. The maximum atomic E-state index is 12.5. The SMILES string of the molecule is Cc1cc(OC(c2ccc(OC(C)C)cc2)c2n[nH]c(-c3ccc(OC(F)(F)F)cc3)n2)ccc1OCC(=O)O. The molecule has 4 aromatic rings. The maximum Gasteiger partial charge on any atom is 0.573 e. The van der Waals surface area contributed by atoms with Crippen molar-refractivity contribution < 1.29 is 42.0 Å². The molecule has 3 aromatic carbocycles. The number of carbonyl (C=O) groups is 1. The van der Waals surface area contributed by atoms with Crippen molar-refractivity contribution in [1.82, 2.24) is 15.2 Å². The van der Waals surface area contributed by atoms with E-state index < -0.39 is 25.0 Å². The fourth-order valence-electron chi connectivity index (χ4n) is 3.73. The Bertz CT molecular complexity index is 1440. The van der Waals surface area contributed by atoms with E-state index in [4.69, 9.17) is 19.3 Å². The van der Waals surface area contributed by atoms with Gasteiger partial charge in [-0.3, -0.25) is 5.10 Å². The number of aromatic nitrogens is 3. The van der Waals surface area contributed by atoms with E-state index >= 15 is 0 Å². The highest BCUT2D eigenvalue weighted by Crippen LogP contribution is 2.32. The van der Waals surface area contributed by atoms with Crippen LogP contribution in [-0.2, 0) is 4.79 Å². The molecule has 0 saturated heterocycles. The lowest BCUT2D eigenvalue weighted by Crippen LogP contribution is -2.16. The molecule has 0 spiro atoms. The van der Waals surface area contributed by atoms with E-state index in [0.29, 0.717) is 39.8 Å². The Morgan fingerprint density at radius 1 is 0.950 bits per heavy atom. The summed E-state index contributed by atoms with van der Waals surface area (Å²) in [6.07, 6.45) is -5.58. The van der Waals surface area contributed by atoms with Gasteiger partial charge in [-0.1, -0.05) is 12.1 Å². The van der Waals surface area contributed by atoms with Gasteiger partial charge in [-0.25, -0.2) is 9.78 Å². The number of halogens is 3. The third-order valence-corrected chi connectivity index (χ3v) is 5.40. The smallest absolute Gasteiger partial charge is 0.491 e. The van der Waals surface area contributed by atoms with Crippen molar-refractivity contribution in [3.05, 3.63) is 83.7 Å². The van der Waals surface area contributed by atoms with Gasteiger partial charge in [-0.15, -0.1) is 13.2 Å². The largest absolute Gasteiger partial charge is 0.573 e. The molecule has 2 N–H and O–H groups in total. The van der Waals surface area contributed by atoms with Crippen LogP contribution in [0.2, 0.25) is 0 Å². The second-order valence-electron chi connectivity index (χ2n) is 8.96. The molecule has 0 aliphatic carbocycles. The van der Waals surface area contributed by atoms with Crippen LogP contribution in [0.25, 0.3) is 11.4 Å². The molecule has 1 heterocycles. The van der Waals surface area contributed by atoms with Crippen LogP contribution in [0.5, 0.6) is 23.0 Å². The van der Waals surface area contributed by atoms with Gasteiger partial charge in [0.05, 0.1) is 6.10 Å². The van der Waals surface area contributed by atoms with Gasteiger partial charge in [0, 0.05) is 11.1 Å². The summed E-state index contributed by atoms with van der Waals surface area (Å²) >= 11 is 0. The van der Waals surface area contributed by atoms with Crippen LogP contribution in [0.1, 0.15) is 36.9 Å². The fraction of sp³-hybridized carbons (Fsp3) is 0.250. The molecule has 40 heavy (non-hydrogen) atoms. The normalized spacial score (nSPS) is 12.2. The predicted octanol–water partition coefficient (Wildman–Crippen LogP) is 6.10. The first kappa shape index (κ1) is 28.3. The zero-order valence-electron chi connectivity index (χ0n) is 21.7. The number of nitrogens with zero attached hydrogens (tertiary/aromatic N) is 2. The average Bonchev–Trinajstić information content (AvgIpc) is 3.36. The molecule has 1 aromatic heterocycles. The lowest BCUT2D eigenvalue weighted by Gasteiger charge is -2.19. The van der Waals surface area contributed by atoms with Crippen LogP contribution in [-0.4, -0.2) is 45.3 Å². The number of aliphatic carboxylic acids is 1. The molecule has 0 aliphatic rings. The number of carboxylic acids is 1. The van der Waals surface area contributed by atoms with Gasteiger partial charge in [-0.05, 0) is 80.9 Å².